The number of halogens is 2. The highest BCUT2D eigenvalue weighted by Crippen LogP contribution is 2.31. The summed E-state index contributed by atoms with van der Waals surface area (Å²) in [4.78, 5) is 16.0. The highest BCUT2D eigenvalue weighted by Gasteiger charge is 2.22. The number of nitrogens with zero attached hydrogens (tertiary/aromatic N) is 2. The van der Waals surface area contributed by atoms with Gasteiger partial charge in [-0.2, -0.15) is 0 Å². The van der Waals surface area contributed by atoms with E-state index >= 15 is 0 Å². The molecule has 0 saturated carbocycles. The van der Waals surface area contributed by atoms with Gasteiger partial charge in [-0.05, 0) is 38.5 Å². The van der Waals surface area contributed by atoms with Crippen LogP contribution in [0.15, 0.2) is 12.1 Å². The zero-order valence-electron chi connectivity index (χ0n) is 11.9. The van der Waals surface area contributed by atoms with Crippen molar-refractivity contribution in [3.63, 3.8) is 0 Å². The second-order valence-electron chi connectivity index (χ2n) is 4.50. The third-order valence-electron chi connectivity index (χ3n) is 3.02. The van der Waals surface area contributed by atoms with Gasteiger partial charge in [-0.1, -0.05) is 23.2 Å². The molecule has 0 aliphatic carbocycles. The average molecular weight is 328 g/mol. The second-order valence-corrected chi connectivity index (χ2v) is 5.32. The maximum absolute atomic E-state index is 11.8. The van der Waals surface area contributed by atoms with Gasteiger partial charge in [0.2, 0.25) is 0 Å². The average Bonchev–Trinajstić information content (AvgIpc) is 2.70. The molecule has 0 aliphatic heterocycles. The van der Waals surface area contributed by atoms with E-state index in [2.05, 4.69) is 4.98 Å². The molecule has 0 aliphatic rings. The van der Waals surface area contributed by atoms with Crippen LogP contribution in [-0.4, -0.2) is 22.1 Å². The maximum Gasteiger partial charge on any atom is 0.360 e. The summed E-state index contributed by atoms with van der Waals surface area (Å²) in [6.07, 6.45) is 0. The molecule has 2 rings (SSSR count). The van der Waals surface area contributed by atoms with Gasteiger partial charge in [-0.15, -0.1) is 0 Å². The lowest BCUT2D eigenvalue weighted by Crippen LogP contribution is -2.09. The Morgan fingerprint density at radius 3 is 2.62 bits per heavy atom. The maximum atomic E-state index is 11.8. The van der Waals surface area contributed by atoms with E-state index in [0.717, 1.165) is 5.56 Å². The van der Waals surface area contributed by atoms with Crippen molar-refractivity contribution in [1.29, 1.82) is 0 Å². The number of hydrogen-bond acceptors (Lipinski definition) is 4. The molecule has 0 atom stereocenters. The van der Waals surface area contributed by atoms with Gasteiger partial charge in [0.05, 0.1) is 17.3 Å². The van der Waals surface area contributed by atoms with Crippen molar-refractivity contribution in [3.8, 4) is 5.69 Å². The van der Waals surface area contributed by atoms with E-state index in [1.807, 2.05) is 6.92 Å². The first-order valence-electron chi connectivity index (χ1n) is 6.34. The van der Waals surface area contributed by atoms with Crippen LogP contribution in [0.4, 0.5) is 5.82 Å². The van der Waals surface area contributed by atoms with Gasteiger partial charge in [-0.3, -0.25) is 4.57 Å². The molecule has 21 heavy (non-hydrogen) atoms. The first kappa shape index (κ1) is 15.7. The molecule has 0 amide bonds. The molecule has 0 bridgehead atoms. The van der Waals surface area contributed by atoms with E-state index in [4.69, 9.17) is 33.7 Å². The van der Waals surface area contributed by atoms with E-state index in [0.29, 0.717) is 21.6 Å². The summed E-state index contributed by atoms with van der Waals surface area (Å²) in [5.41, 5.74) is 7.52. The van der Waals surface area contributed by atoms with Crippen molar-refractivity contribution in [3.05, 3.63) is 39.3 Å². The fraction of sp³-hybridized carbons (Fsp3) is 0.286. The molecule has 1 aromatic carbocycles. The lowest BCUT2D eigenvalue weighted by Gasteiger charge is -2.11. The number of nitrogens with two attached hydrogens (primary N) is 1. The molecule has 0 fully saturated rings. The standard InChI is InChI=1S/C14H15Cl2N3O2/c1-4-21-14(20)12-13(17)19(8(3)18-12)11-6-9(15)7(2)5-10(11)16/h5-6H,4,17H2,1-3H3. The van der Waals surface area contributed by atoms with Crippen LogP contribution in [0.25, 0.3) is 5.69 Å². The van der Waals surface area contributed by atoms with Crippen molar-refractivity contribution in [1.82, 2.24) is 9.55 Å². The molecule has 7 heteroatoms. The lowest BCUT2D eigenvalue weighted by molar-refractivity contribution is 0.0521. The Morgan fingerprint density at radius 1 is 1.33 bits per heavy atom. The van der Waals surface area contributed by atoms with E-state index in [9.17, 15) is 4.79 Å². The highest BCUT2D eigenvalue weighted by atomic mass is 35.5. The Morgan fingerprint density at radius 2 is 2.00 bits per heavy atom. The van der Waals surface area contributed by atoms with Crippen molar-refractivity contribution in [2.24, 2.45) is 0 Å². The smallest absolute Gasteiger partial charge is 0.360 e. The van der Waals surface area contributed by atoms with E-state index in [1.54, 1.807) is 30.5 Å². The largest absolute Gasteiger partial charge is 0.461 e. The Balaban J connectivity index is 2.60. The summed E-state index contributed by atoms with van der Waals surface area (Å²) in [7, 11) is 0. The van der Waals surface area contributed by atoms with Crippen LogP contribution >= 0.6 is 23.2 Å². The molecule has 1 heterocycles. The normalized spacial score (nSPS) is 10.7. The topological polar surface area (TPSA) is 70.1 Å². The molecule has 2 aromatic rings. The molecular formula is C14H15Cl2N3O2. The molecule has 0 unspecified atom stereocenters. The van der Waals surface area contributed by atoms with E-state index < -0.39 is 5.97 Å². The predicted octanol–water partition coefficient (Wildman–Crippen LogP) is 3.55. The zero-order chi connectivity index (χ0) is 15.7. The number of anilines is 1. The minimum absolute atomic E-state index is 0.0714. The van der Waals surface area contributed by atoms with Crippen molar-refractivity contribution >= 4 is 35.0 Å². The number of aryl methyl sites for hydroxylation is 2. The van der Waals surface area contributed by atoms with Crippen molar-refractivity contribution < 1.29 is 9.53 Å². The number of rotatable bonds is 3. The minimum Gasteiger partial charge on any atom is -0.461 e. The van der Waals surface area contributed by atoms with Crippen LogP contribution in [0.5, 0.6) is 0 Å². The number of ether oxygens (including phenoxy) is 1. The number of carbonyl (C=O) groups is 1. The monoisotopic (exact) mass is 327 g/mol. The van der Waals surface area contributed by atoms with Gasteiger partial charge in [-0.25, -0.2) is 9.78 Å². The van der Waals surface area contributed by atoms with Crippen LogP contribution in [0.1, 0.15) is 28.8 Å². The summed E-state index contributed by atoms with van der Waals surface area (Å²) in [6, 6.07) is 3.43. The second kappa shape index (κ2) is 5.95. The third-order valence-corrected chi connectivity index (χ3v) is 3.73. The lowest BCUT2D eigenvalue weighted by atomic mass is 10.2. The van der Waals surface area contributed by atoms with Crippen LogP contribution < -0.4 is 5.73 Å². The Bertz CT molecular complexity index is 711. The number of carbonyl (C=O) groups excluding carboxylic acids is 1. The number of nitrogen functional groups attached to an aromatic ring is 1. The Labute approximate surface area is 132 Å². The highest BCUT2D eigenvalue weighted by molar-refractivity contribution is 6.35. The van der Waals surface area contributed by atoms with E-state index in [-0.39, 0.29) is 18.1 Å². The van der Waals surface area contributed by atoms with Gasteiger partial charge in [0.1, 0.15) is 11.6 Å². The summed E-state index contributed by atoms with van der Waals surface area (Å²) < 4.78 is 6.52. The molecule has 5 nitrogen and oxygen atoms in total. The zero-order valence-corrected chi connectivity index (χ0v) is 13.4. The number of benzene rings is 1. The molecular weight excluding hydrogens is 313 g/mol. The van der Waals surface area contributed by atoms with Gasteiger partial charge in [0.15, 0.2) is 5.69 Å². The van der Waals surface area contributed by atoms with Crippen LogP contribution in [-0.2, 0) is 4.74 Å². The molecule has 0 saturated heterocycles. The van der Waals surface area contributed by atoms with Gasteiger partial charge < -0.3 is 10.5 Å². The summed E-state index contributed by atoms with van der Waals surface area (Å²) in [6.45, 7) is 5.55. The first-order valence-corrected chi connectivity index (χ1v) is 7.10. The van der Waals surface area contributed by atoms with E-state index in [1.165, 1.54) is 0 Å². The van der Waals surface area contributed by atoms with Crippen molar-refractivity contribution in [2.75, 3.05) is 12.3 Å². The van der Waals surface area contributed by atoms with Crippen LogP contribution in [0.3, 0.4) is 0 Å². The van der Waals surface area contributed by atoms with Gasteiger partial charge in [0, 0.05) is 5.02 Å². The van der Waals surface area contributed by atoms with Crippen LogP contribution in [0, 0.1) is 13.8 Å². The SMILES string of the molecule is CCOC(=O)c1nc(C)n(-c2cc(Cl)c(C)cc2Cl)c1N. The third kappa shape index (κ3) is 2.84. The number of esters is 1. The predicted molar refractivity (Wildman–Crippen MR) is 83.4 cm³/mol. The van der Waals surface area contributed by atoms with Gasteiger partial charge in [0.25, 0.3) is 0 Å². The Kier molecular flexibility index (Phi) is 4.44. The number of hydrogen-bond donors (Lipinski definition) is 1. The summed E-state index contributed by atoms with van der Waals surface area (Å²) >= 11 is 12.4. The Hall–Kier alpha value is -1.72. The number of imidazole rings is 1. The quantitative estimate of drug-likeness (QED) is 0.875. The fourth-order valence-electron chi connectivity index (χ4n) is 2.01. The summed E-state index contributed by atoms with van der Waals surface area (Å²) in [5, 5.41) is 1.03. The van der Waals surface area contributed by atoms with Crippen LogP contribution in [0.2, 0.25) is 10.0 Å². The first-order chi connectivity index (χ1) is 9.86. The molecule has 2 N–H and O–H groups in total. The molecule has 1 aromatic heterocycles. The van der Waals surface area contributed by atoms with Gasteiger partial charge >= 0.3 is 5.97 Å². The summed E-state index contributed by atoms with van der Waals surface area (Å²) in [5.74, 6) is 0.135. The fourth-order valence-corrected chi connectivity index (χ4v) is 2.47. The minimum atomic E-state index is -0.564. The number of aromatic nitrogens is 2. The molecule has 0 spiro atoms. The molecule has 0 radical (unpaired) electrons. The molecule has 112 valence electrons. The van der Waals surface area contributed by atoms with Crippen molar-refractivity contribution in [2.45, 2.75) is 20.8 Å².